The maximum Gasteiger partial charge on any atom is 0.500 e. The van der Waals surface area contributed by atoms with Crippen molar-refractivity contribution in [2.75, 3.05) is 98.4 Å². The van der Waals surface area contributed by atoms with Crippen LogP contribution in [-0.2, 0) is 40.8 Å². The molecule has 14 nitrogen and oxygen atoms in total. The molecule has 0 aliphatic carbocycles. The number of aliphatic carboxylic acids is 3. The lowest BCUT2D eigenvalue weighted by molar-refractivity contribution is -0.138. The Morgan fingerprint density at radius 3 is 1.48 bits per heavy atom. The summed E-state index contributed by atoms with van der Waals surface area (Å²) in [7, 11) is -2.63. The van der Waals surface area contributed by atoms with E-state index in [1.165, 1.54) is 11.1 Å². The fourth-order valence-corrected chi connectivity index (χ4v) is 8.70. The molecule has 0 bridgehead atoms. The van der Waals surface area contributed by atoms with Crippen molar-refractivity contribution in [3.05, 3.63) is 35.4 Å². The highest BCUT2D eigenvalue weighted by molar-refractivity contribution is 6.60. The molecule has 1 saturated heterocycles. The molecule has 1 aliphatic heterocycles. The minimum absolute atomic E-state index is 0.0202. The normalized spacial score (nSPS) is 16.8. The minimum Gasteiger partial charge on any atom is -0.481 e. The lowest BCUT2D eigenvalue weighted by Crippen LogP contribution is -2.46. The average molecular weight is 726 g/mol. The molecule has 0 amide bonds. The summed E-state index contributed by atoms with van der Waals surface area (Å²) < 4.78 is 17.9. The van der Waals surface area contributed by atoms with E-state index in [0.717, 1.165) is 58.2 Å². The smallest absolute Gasteiger partial charge is 0.481 e. The van der Waals surface area contributed by atoms with E-state index in [9.17, 15) is 29.7 Å². The average Bonchev–Trinajstić information content (AvgIpc) is 3.08. The number of nitrogens with zero attached hydrogens (tertiary/aromatic N) is 4. The van der Waals surface area contributed by atoms with Crippen LogP contribution < -0.4 is 5.32 Å². The first-order valence-corrected chi connectivity index (χ1v) is 20.3. The van der Waals surface area contributed by atoms with Crippen LogP contribution in [-0.4, -0.2) is 160 Å². The molecule has 15 heteroatoms. The number of benzene rings is 1. The number of rotatable bonds is 23. The van der Waals surface area contributed by atoms with Gasteiger partial charge in [0.2, 0.25) is 0 Å². The van der Waals surface area contributed by atoms with E-state index in [4.69, 9.17) is 13.3 Å². The van der Waals surface area contributed by atoms with E-state index >= 15 is 0 Å². The molecule has 0 unspecified atom stereocenters. The van der Waals surface area contributed by atoms with Crippen LogP contribution in [0.25, 0.3) is 0 Å². The molecule has 4 N–H and O–H groups in total. The number of carboxylic acids is 3. The quantitative estimate of drug-likeness (QED) is 0.0962. The van der Waals surface area contributed by atoms with E-state index in [1.54, 1.807) is 0 Å². The third-order valence-corrected chi connectivity index (χ3v) is 11.9. The highest BCUT2D eigenvalue weighted by Gasteiger charge is 2.39. The van der Waals surface area contributed by atoms with Gasteiger partial charge in [-0.05, 0) is 64.4 Å². The Morgan fingerprint density at radius 1 is 0.640 bits per heavy atom. The molecule has 286 valence electrons. The van der Waals surface area contributed by atoms with Gasteiger partial charge in [0.05, 0.1) is 19.3 Å². The van der Waals surface area contributed by atoms with E-state index in [-0.39, 0.29) is 19.3 Å². The second-order valence-electron chi connectivity index (χ2n) is 12.7. The Labute approximate surface area is 300 Å². The lowest BCUT2D eigenvalue weighted by Gasteiger charge is -2.29. The molecule has 0 aromatic heterocycles. The van der Waals surface area contributed by atoms with Crippen molar-refractivity contribution in [2.45, 2.75) is 72.0 Å². The number of hydrogen-bond acceptors (Lipinski definition) is 11. The molecule has 1 fully saturated rings. The van der Waals surface area contributed by atoms with Gasteiger partial charge in [-0.1, -0.05) is 24.3 Å². The molecule has 0 spiro atoms. The fourth-order valence-electron chi connectivity index (χ4n) is 6.09. The van der Waals surface area contributed by atoms with Crippen LogP contribution in [0.1, 0.15) is 64.0 Å². The summed E-state index contributed by atoms with van der Waals surface area (Å²) in [6, 6.07) is 9.41. The van der Waals surface area contributed by atoms with Gasteiger partial charge in [0, 0.05) is 97.9 Å². The van der Waals surface area contributed by atoms with Gasteiger partial charge < -0.3 is 48.6 Å². The van der Waals surface area contributed by atoms with Gasteiger partial charge in [-0.2, -0.15) is 0 Å². The molecule has 1 aliphatic rings. The van der Waals surface area contributed by atoms with Crippen molar-refractivity contribution in [2.24, 2.45) is 0 Å². The minimum atomic E-state index is -2.63. The van der Waals surface area contributed by atoms with E-state index in [1.807, 2.05) is 20.8 Å². The summed E-state index contributed by atoms with van der Waals surface area (Å²) in [6.07, 6.45) is 1.87. The first-order valence-electron chi connectivity index (χ1n) is 18.3. The molecule has 1 heterocycles. The summed E-state index contributed by atoms with van der Waals surface area (Å²) in [5, 5.41) is 31.5. The first-order chi connectivity index (χ1) is 24.1. The molecule has 0 radical (unpaired) electrons. The van der Waals surface area contributed by atoms with Gasteiger partial charge in [-0.25, -0.2) is 0 Å². The van der Waals surface area contributed by atoms with E-state index < -0.39 is 26.7 Å². The Balaban J connectivity index is 2.03. The summed E-state index contributed by atoms with van der Waals surface area (Å²) in [4.78, 5) is 42.9. The molecule has 1 aromatic rings. The summed E-state index contributed by atoms with van der Waals surface area (Å²) >= 11 is 0. The van der Waals surface area contributed by atoms with Crippen LogP contribution in [0.2, 0.25) is 6.04 Å². The van der Waals surface area contributed by atoms with Crippen LogP contribution in [0, 0.1) is 0 Å². The zero-order valence-electron chi connectivity index (χ0n) is 30.7. The Morgan fingerprint density at radius 2 is 1.04 bits per heavy atom. The monoisotopic (exact) mass is 725 g/mol. The Hall–Kier alpha value is -2.47. The van der Waals surface area contributed by atoms with Crippen LogP contribution in [0.3, 0.4) is 0 Å². The standard InChI is InChI=1S/C35H63N5O9Si/c1-4-47-50(48-5-2,49-6-3)28-7-16-36-29-31-9-11-32(12-10-31)30-40-18-8-17-37(19-13-33(41)42)22-23-38(20-14-34(43)44)24-25-39(26-27-40)21-15-35(45)46/h9-12,36H,4-8,13-30H2,1-3H3,(H,41,42)(H,43,44)(H,45,46). The molecular formula is C35H63N5O9Si. The molecule has 1 aromatic carbocycles. The maximum absolute atomic E-state index is 11.4. The topological polar surface area (TPSA) is 165 Å². The van der Waals surface area contributed by atoms with Gasteiger partial charge in [-0.3, -0.25) is 19.3 Å². The van der Waals surface area contributed by atoms with Gasteiger partial charge >= 0.3 is 26.7 Å². The summed E-state index contributed by atoms with van der Waals surface area (Å²) in [5.74, 6) is -2.54. The van der Waals surface area contributed by atoms with Crippen LogP contribution in [0.4, 0.5) is 0 Å². The SMILES string of the molecule is CCO[Si](CCCNCc1ccc(CN2CCCN(CCC(=O)O)CCN(CCC(=O)O)CCN(CCC(=O)O)CC2)cc1)(OCC)OCC. The molecule has 0 atom stereocenters. The number of carboxylic acid groups (broad SMARTS) is 3. The maximum atomic E-state index is 11.4. The fraction of sp³-hybridized carbons (Fsp3) is 0.743. The van der Waals surface area contributed by atoms with E-state index in [2.05, 4.69) is 49.2 Å². The van der Waals surface area contributed by atoms with Crippen LogP contribution in [0.15, 0.2) is 24.3 Å². The van der Waals surface area contributed by atoms with Crippen molar-refractivity contribution >= 4 is 26.7 Å². The lowest BCUT2D eigenvalue weighted by atomic mass is 10.1. The second-order valence-corrected chi connectivity index (χ2v) is 15.4. The molecular weight excluding hydrogens is 662 g/mol. The molecule has 0 saturated carbocycles. The second kappa shape index (κ2) is 25.5. The highest BCUT2D eigenvalue weighted by atomic mass is 28.4. The molecule has 2 rings (SSSR count). The third-order valence-electron chi connectivity index (χ3n) is 8.76. The van der Waals surface area contributed by atoms with Gasteiger partial charge in [0.15, 0.2) is 0 Å². The van der Waals surface area contributed by atoms with Crippen molar-refractivity contribution in [3.8, 4) is 0 Å². The van der Waals surface area contributed by atoms with Crippen LogP contribution >= 0.6 is 0 Å². The van der Waals surface area contributed by atoms with Crippen molar-refractivity contribution in [1.29, 1.82) is 0 Å². The van der Waals surface area contributed by atoms with Crippen molar-refractivity contribution in [3.63, 3.8) is 0 Å². The largest absolute Gasteiger partial charge is 0.500 e. The first kappa shape index (κ1) is 43.7. The zero-order valence-corrected chi connectivity index (χ0v) is 31.7. The predicted octanol–water partition coefficient (Wildman–Crippen LogP) is 2.75. The molecule has 50 heavy (non-hydrogen) atoms. The van der Waals surface area contributed by atoms with E-state index in [0.29, 0.717) is 72.2 Å². The van der Waals surface area contributed by atoms with Gasteiger partial charge in [0.1, 0.15) is 0 Å². The van der Waals surface area contributed by atoms with Crippen LogP contribution in [0.5, 0.6) is 0 Å². The number of carbonyl (C=O) groups is 3. The summed E-state index contributed by atoms with van der Waals surface area (Å²) in [5.41, 5.74) is 2.39. The van der Waals surface area contributed by atoms with Gasteiger partial charge in [0.25, 0.3) is 0 Å². The highest BCUT2D eigenvalue weighted by Crippen LogP contribution is 2.18. The Kier molecular flexibility index (Phi) is 22.3. The summed E-state index contributed by atoms with van der Waals surface area (Å²) in [6.45, 7) is 16.8. The predicted molar refractivity (Wildman–Crippen MR) is 194 cm³/mol. The zero-order chi connectivity index (χ0) is 36.6. The third kappa shape index (κ3) is 19.2. The number of hydrogen-bond donors (Lipinski definition) is 4. The van der Waals surface area contributed by atoms with Gasteiger partial charge in [-0.15, -0.1) is 0 Å². The Bertz CT molecular complexity index is 1080. The van der Waals surface area contributed by atoms with Crippen molar-refractivity contribution in [1.82, 2.24) is 24.9 Å². The number of nitrogens with one attached hydrogen (secondary N) is 1. The van der Waals surface area contributed by atoms with Crippen molar-refractivity contribution < 1.29 is 43.0 Å².